The highest BCUT2D eigenvalue weighted by atomic mass is 32.2. The van der Waals surface area contributed by atoms with Gasteiger partial charge >= 0.3 is 6.03 Å². The van der Waals surface area contributed by atoms with Crippen molar-refractivity contribution in [1.82, 2.24) is 15.5 Å². The van der Waals surface area contributed by atoms with Crippen molar-refractivity contribution in [2.75, 3.05) is 39.5 Å². The van der Waals surface area contributed by atoms with Crippen molar-refractivity contribution in [3.8, 4) is 0 Å². The van der Waals surface area contributed by atoms with Crippen molar-refractivity contribution in [2.24, 2.45) is 4.99 Å². The van der Waals surface area contributed by atoms with Crippen LogP contribution < -0.4 is 10.6 Å². The van der Waals surface area contributed by atoms with E-state index in [-0.39, 0.29) is 6.03 Å². The molecule has 6 heteroatoms. The third-order valence-electron chi connectivity index (χ3n) is 1.67. The molecule has 0 saturated heterocycles. The first-order chi connectivity index (χ1) is 6.70. The molecule has 0 saturated carbocycles. The number of nitrogens with one attached hydrogen (secondary N) is 2. The Morgan fingerprint density at radius 3 is 3.07 bits per heavy atom. The molecule has 0 aromatic heterocycles. The zero-order valence-electron chi connectivity index (χ0n) is 8.54. The third kappa shape index (κ3) is 3.87. The summed E-state index contributed by atoms with van der Waals surface area (Å²) in [6.45, 7) is 2.47. The molecule has 2 N–H and O–H groups in total. The van der Waals surface area contributed by atoms with Gasteiger partial charge in [0.2, 0.25) is 0 Å². The van der Waals surface area contributed by atoms with E-state index in [1.807, 2.05) is 0 Å². The van der Waals surface area contributed by atoms with E-state index in [9.17, 15) is 4.79 Å². The predicted octanol–water partition coefficient (Wildman–Crippen LogP) is -0.0500. The molecule has 2 amide bonds. The summed E-state index contributed by atoms with van der Waals surface area (Å²) in [5.74, 6) is 0.853. The highest BCUT2D eigenvalue weighted by molar-refractivity contribution is 8.13. The largest absolute Gasteiger partial charge is 0.363 e. The van der Waals surface area contributed by atoms with Gasteiger partial charge in [0, 0.05) is 32.9 Å². The smallest absolute Gasteiger partial charge is 0.316 e. The molecule has 0 unspecified atom stereocenters. The summed E-state index contributed by atoms with van der Waals surface area (Å²) in [7, 11) is 3.45. The molecular weight excluding hydrogens is 200 g/mol. The number of thioether (sulfide) groups is 1. The van der Waals surface area contributed by atoms with Crippen LogP contribution in [0.2, 0.25) is 0 Å². The summed E-state index contributed by atoms with van der Waals surface area (Å²) >= 11 is 1.64. The van der Waals surface area contributed by atoms with Gasteiger partial charge in [-0.25, -0.2) is 4.79 Å². The molecular formula is C8H16N4OS. The number of hydrogen-bond donors (Lipinski definition) is 2. The van der Waals surface area contributed by atoms with Gasteiger partial charge in [-0.15, -0.1) is 0 Å². The second kappa shape index (κ2) is 5.74. The van der Waals surface area contributed by atoms with Crippen LogP contribution >= 0.6 is 11.8 Å². The average Bonchev–Trinajstić information content (AvgIpc) is 2.64. The summed E-state index contributed by atoms with van der Waals surface area (Å²) in [6, 6.07) is -0.0491. The van der Waals surface area contributed by atoms with Gasteiger partial charge in [-0.05, 0) is 0 Å². The molecule has 0 spiro atoms. The molecule has 0 atom stereocenters. The maximum Gasteiger partial charge on any atom is 0.316 e. The van der Waals surface area contributed by atoms with E-state index in [0.29, 0.717) is 6.54 Å². The molecule has 1 aliphatic heterocycles. The summed E-state index contributed by atoms with van der Waals surface area (Å²) < 4.78 is 0. The molecule has 0 fully saturated rings. The van der Waals surface area contributed by atoms with Crippen LogP contribution in [-0.2, 0) is 0 Å². The Morgan fingerprint density at radius 2 is 2.50 bits per heavy atom. The van der Waals surface area contributed by atoms with Crippen molar-refractivity contribution in [1.29, 1.82) is 0 Å². The number of amides is 2. The predicted molar refractivity (Wildman–Crippen MR) is 59.8 cm³/mol. The number of hydrogen-bond acceptors (Lipinski definition) is 4. The fourth-order valence-corrected chi connectivity index (χ4v) is 1.72. The van der Waals surface area contributed by atoms with Gasteiger partial charge in [0.25, 0.3) is 0 Å². The minimum Gasteiger partial charge on any atom is -0.363 e. The van der Waals surface area contributed by atoms with Crippen LogP contribution in [0.25, 0.3) is 0 Å². The second-order valence-corrected chi connectivity index (χ2v) is 4.17. The molecule has 0 aromatic rings. The van der Waals surface area contributed by atoms with Gasteiger partial charge in [-0.2, -0.15) is 0 Å². The summed E-state index contributed by atoms with van der Waals surface area (Å²) in [4.78, 5) is 16.9. The number of nitrogens with zero attached hydrogens (tertiary/aromatic N) is 2. The molecule has 0 aliphatic carbocycles. The SMILES string of the molecule is CN(C)C(=O)NCCSC1=NCCN1. The van der Waals surface area contributed by atoms with Crippen LogP contribution in [0.15, 0.2) is 4.99 Å². The number of carbonyl (C=O) groups excluding carboxylic acids is 1. The molecule has 1 heterocycles. The van der Waals surface area contributed by atoms with Crippen molar-refractivity contribution < 1.29 is 4.79 Å². The second-order valence-electron chi connectivity index (χ2n) is 3.09. The lowest BCUT2D eigenvalue weighted by atomic mass is 10.7. The lowest BCUT2D eigenvalue weighted by Crippen LogP contribution is -2.35. The first kappa shape index (κ1) is 11.2. The molecule has 1 rings (SSSR count). The van der Waals surface area contributed by atoms with E-state index in [1.165, 1.54) is 4.90 Å². The van der Waals surface area contributed by atoms with Crippen molar-refractivity contribution in [3.05, 3.63) is 0 Å². The Bertz CT molecular complexity index is 229. The first-order valence-electron chi connectivity index (χ1n) is 4.56. The highest BCUT2D eigenvalue weighted by Gasteiger charge is 2.05. The molecule has 80 valence electrons. The van der Waals surface area contributed by atoms with Crippen LogP contribution in [0.1, 0.15) is 0 Å². The molecule has 14 heavy (non-hydrogen) atoms. The fourth-order valence-electron chi connectivity index (χ4n) is 0.937. The molecule has 0 aromatic carbocycles. The Hall–Kier alpha value is -0.910. The summed E-state index contributed by atoms with van der Waals surface area (Å²) in [5.41, 5.74) is 0. The van der Waals surface area contributed by atoms with Crippen LogP contribution in [-0.4, -0.2) is 55.6 Å². The van der Waals surface area contributed by atoms with Gasteiger partial charge in [-0.3, -0.25) is 4.99 Å². The Kier molecular flexibility index (Phi) is 4.58. The molecule has 0 radical (unpaired) electrons. The van der Waals surface area contributed by atoms with Crippen LogP contribution in [0.5, 0.6) is 0 Å². The van der Waals surface area contributed by atoms with Crippen LogP contribution in [0.4, 0.5) is 4.79 Å². The summed E-state index contributed by atoms with van der Waals surface area (Å²) in [6.07, 6.45) is 0. The fraction of sp³-hybridized carbons (Fsp3) is 0.750. The molecule has 5 nitrogen and oxygen atoms in total. The Labute approximate surface area is 88.3 Å². The highest BCUT2D eigenvalue weighted by Crippen LogP contribution is 2.03. The lowest BCUT2D eigenvalue weighted by molar-refractivity contribution is 0.218. The number of urea groups is 1. The van der Waals surface area contributed by atoms with Crippen LogP contribution in [0.3, 0.4) is 0 Å². The Morgan fingerprint density at radius 1 is 1.71 bits per heavy atom. The molecule has 0 bridgehead atoms. The monoisotopic (exact) mass is 216 g/mol. The van der Waals surface area contributed by atoms with Crippen molar-refractivity contribution in [3.63, 3.8) is 0 Å². The number of aliphatic imine (C=N–C) groups is 1. The van der Waals surface area contributed by atoms with E-state index in [2.05, 4.69) is 15.6 Å². The van der Waals surface area contributed by atoms with Gasteiger partial charge in [-0.1, -0.05) is 11.8 Å². The standard InChI is InChI=1S/C8H16N4OS/c1-12(2)8(13)11-5-6-14-7-9-3-4-10-7/h3-6H2,1-2H3,(H,9,10)(H,11,13). The average molecular weight is 216 g/mol. The lowest BCUT2D eigenvalue weighted by Gasteiger charge is -2.11. The maximum absolute atomic E-state index is 11.1. The maximum atomic E-state index is 11.1. The quantitative estimate of drug-likeness (QED) is 0.650. The number of amidine groups is 1. The van der Waals surface area contributed by atoms with E-state index in [1.54, 1.807) is 25.9 Å². The number of carbonyl (C=O) groups is 1. The van der Waals surface area contributed by atoms with E-state index < -0.39 is 0 Å². The van der Waals surface area contributed by atoms with Gasteiger partial charge < -0.3 is 15.5 Å². The number of rotatable bonds is 3. The minimum atomic E-state index is -0.0491. The van der Waals surface area contributed by atoms with Gasteiger partial charge in [0.1, 0.15) is 0 Å². The van der Waals surface area contributed by atoms with E-state index >= 15 is 0 Å². The van der Waals surface area contributed by atoms with E-state index in [4.69, 9.17) is 0 Å². The van der Waals surface area contributed by atoms with Gasteiger partial charge in [0.15, 0.2) is 5.17 Å². The first-order valence-corrected chi connectivity index (χ1v) is 5.55. The van der Waals surface area contributed by atoms with Crippen molar-refractivity contribution >= 4 is 23.0 Å². The zero-order valence-corrected chi connectivity index (χ0v) is 9.36. The van der Waals surface area contributed by atoms with Gasteiger partial charge in [0.05, 0.1) is 6.54 Å². The minimum absolute atomic E-state index is 0.0491. The third-order valence-corrected chi connectivity index (χ3v) is 2.62. The molecule has 1 aliphatic rings. The van der Waals surface area contributed by atoms with Crippen LogP contribution in [0, 0.1) is 0 Å². The van der Waals surface area contributed by atoms with E-state index in [0.717, 1.165) is 24.0 Å². The zero-order chi connectivity index (χ0) is 10.4. The summed E-state index contributed by atoms with van der Waals surface area (Å²) in [5, 5.41) is 6.94. The van der Waals surface area contributed by atoms with Crippen molar-refractivity contribution in [2.45, 2.75) is 0 Å². The topological polar surface area (TPSA) is 56.7 Å². The Balaban J connectivity index is 2.01. The normalized spacial score (nSPS) is 14.6.